The second-order valence-corrected chi connectivity index (χ2v) is 6.05. The second kappa shape index (κ2) is 7.47. The highest BCUT2D eigenvalue weighted by Gasteiger charge is 2.23. The van der Waals surface area contributed by atoms with Gasteiger partial charge in [-0.1, -0.05) is 29.4 Å². The zero-order valence-corrected chi connectivity index (χ0v) is 13.5. The van der Waals surface area contributed by atoms with Crippen molar-refractivity contribution in [3.63, 3.8) is 0 Å². The zero-order valence-electron chi connectivity index (χ0n) is 12.0. The van der Waals surface area contributed by atoms with E-state index in [0.717, 1.165) is 22.2 Å². The van der Waals surface area contributed by atoms with Gasteiger partial charge in [0.15, 0.2) is 5.12 Å². The zero-order chi connectivity index (χ0) is 16.2. The first-order valence-corrected chi connectivity index (χ1v) is 7.51. The van der Waals surface area contributed by atoms with Crippen LogP contribution in [0.25, 0.3) is 0 Å². The molecule has 0 aliphatic carbocycles. The molecule has 5 nitrogen and oxygen atoms in total. The molecule has 0 spiro atoms. The molecular formula is C14H16ClNO4S. The highest BCUT2D eigenvalue weighted by molar-refractivity contribution is 8.14. The first kappa shape index (κ1) is 17.5. The van der Waals surface area contributed by atoms with E-state index in [9.17, 15) is 14.4 Å². The number of hydrogen-bond acceptors (Lipinski definition) is 4. The van der Waals surface area contributed by atoms with Gasteiger partial charge in [0.1, 0.15) is 6.54 Å². The minimum Gasteiger partial charge on any atom is -0.480 e. The molecule has 0 radical (unpaired) electrons. The van der Waals surface area contributed by atoms with Crippen molar-refractivity contribution in [1.29, 1.82) is 0 Å². The summed E-state index contributed by atoms with van der Waals surface area (Å²) in [5, 5.41) is 9.28. The molecule has 0 fully saturated rings. The Hall–Kier alpha value is -1.53. The van der Waals surface area contributed by atoms with Crippen LogP contribution in [0.1, 0.15) is 18.1 Å². The third-order valence-electron chi connectivity index (χ3n) is 2.83. The molecule has 1 N–H and O–H groups in total. The Labute approximate surface area is 132 Å². The lowest BCUT2D eigenvalue weighted by molar-refractivity contribution is -0.136. The van der Waals surface area contributed by atoms with Gasteiger partial charge in [-0.15, -0.1) is 0 Å². The number of carbonyl (C=O) groups excluding carboxylic acids is 2. The van der Waals surface area contributed by atoms with Crippen molar-refractivity contribution >= 4 is 46.0 Å². The topological polar surface area (TPSA) is 74.7 Å². The lowest BCUT2D eigenvalue weighted by atomic mass is 10.1. The Bertz CT molecular complexity index is 589. The predicted molar refractivity (Wildman–Crippen MR) is 84.1 cm³/mol. The fraction of sp³-hybridized carbons (Fsp3) is 0.357. The fourth-order valence-electron chi connectivity index (χ4n) is 1.89. The molecule has 0 atom stereocenters. The van der Waals surface area contributed by atoms with Crippen LogP contribution in [0, 0.1) is 13.8 Å². The van der Waals surface area contributed by atoms with Crippen LogP contribution in [0.4, 0.5) is 5.69 Å². The number of benzene rings is 1. The molecule has 0 aromatic heterocycles. The number of hydrogen-bond donors (Lipinski definition) is 1. The van der Waals surface area contributed by atoms with Gasteiger partial charge in [0.2, 0.25) is 5.91 Å². The number of halogens is 1. The third-order valence-corrected chi connectivity index (χ3v) is 4.04. The van der Waals surface area contributed by atoms with E-state index in [4.69, 9.17) is 16.7 Å². The Morgan fingerprint density at radius 3 is 2.43 bits per heavy atom. The predicted octanol–water partition coefficient (Wildman–Crippen LogP) is 2.65. The number of amides is 1. The minimum absolute atomic E-state index is 0.103. The summed E-state index contributed by atoms with van der Waals surface area (Å²) in [6.07, 6.45) is 0. The van der Waals surface area contributed by atoms with Crippen LogP contribution in [0.2, 0.25) is 5.02 Å². The molecule has 0 saturated heterocycles. The number of aryl methyl sites for hydroxylation is 1. The van der Waals surface area contributed by atoms with Crippen molar-refractivity contribution < 1.29 is 19.5 Å². The van der Waals surface area contributed by atoms with Crippen molar-refractivity contribution in [2.45, 2.75) is 20.8 Å². The summed E-state index contributed by atoms with van der Waals surface area (Å²) in [4.78, 5) is 35.4. The van der Waals surface area contributed by atoms with Gasteiger partial charge in [-0.2, -0.15) is 0 Å². The Balaban J connectivity index is 3.19. The van der Waals surface area contributed by atoms with E-state index >= 15 is 0 Å². The maximum Gasteiger partial charge on any atom is 0.323 e. The van der Waals surface area contributed by atoms with Crippen LogP contribution in [0.15, 0.2) is 12.1 Å². The maximum atomic E-state index is 12.2. The molecule has 1 amide bonds. The molecular weight excluding hydrogens is 314 g/mol. The van der Waals surface area contributed by atoms with Crippen LogP contribution in [0.3, 0.4) is 0 Å². The van der Waals surface area contributed by atoms with Crippen molar-refractivity contribution in [3.8, 4) is 0 Å². The van der Waals surface area contributed by atoms with Crippen LogP contribution >= 0.6 is 23.4 Å². The summed E-state index contributed by atoms with van der Waals surface area (Å²) in [5.74, 6) is -1.67. The van der Waals surface area contributed by atoms with Gasteiger partial charge in [0.05, 0.1) is 11.4 Å². The van der Waals surface area contributed by atoms with Crippen LogP contribution in [-0.2, 0) is 14.4 Å². The molecule has 1 rings (SSSR count). The number of carboxylic acids is 1. The maximum absolute atomic E-state index is 12.2. The van der Waals surface area contributed by atoms with Crippen LogP contribution in [0.5, 0.6) is 0 Å². The minimum atomic E-state index is -1.13. The highest BCUT2D eigenvalue weighted by atomic mass is 35.5. The van der Waals surface area contributed by atoms with Crippen molar-refractivity contribution in [2.24, 2.45) is 0 Å². The third kappa shape index (κ3) is 4.75. The summed E-state index contributed by atoms with van der Waals surface area (Å²) >= 11 is 6.90. The van der Waals surface area contributed by atoms with Crippen molar-refractivity contribution in [3.05, 3.63) is 28.3 Å². The van der Waals surface area contributed by atoms with Gasteiger partial charge in [0, 0.05) is 11.9 Å². The number of carbonyl (C=O) groups is 3. The normalized spacial score (nSPS) is 10.3. The molecule has 0 bridgehead atoms. The first-order valence-electron chi connectivity index (χ1n) is 6.15. The number of anilines is 1. The monoisotopic (exact) mass is 329 g/mol. The summed E-state index contributed by atoms with van der Waals surface area (Å²) in [7, 11) is 0. The second-order valence-electron chi connectivity index (χ2n) is 4.49. The van der Waals surface area contributed by atoms with Gasteiger partial charge in [-0.05, 0) is 31.0 Å². The van der Waals surface area contributed by atoms with E-state index in [1.165, 1.54) is 6.92 Å². The number of rotatable bonds is 5. The molecule has 0 heterocycles. The number of aliphatic carboxylic acids is 1. The van der Waals surface area contributed by atoms with Gasteiger partial charge >= 0.3 is 5.97 Å². The molecule has 0 aliphatic rings. The highest BCUT2D eigenvalue weighted by Crippen LogP contribution is 2.30. The summed E-state index contributed by atoms with van der Waals surface area (Å²) in [6.45, 7) is 4.39. The Morgan fingerprint density at radius 2 is 1.90 bits per heavy atom. The molecule has 7 heteroatoms. The van der Waals surface area contributed by atoms with Crippen LogP contribution in [-0.4, -0.2) is 34.4 Å². The smallest absolute Gasteiger partial charge is 0.323 e. The SMILES string of the molecule is CC(=O)SCC(=O)N(CC(=O)O)c1c(C)ccc(Cl)c1C. The van der Waals surface area contributed by atoms with Gasteiger partial charge in [-0.25, -0.2) is 0 Å². The lowest BCUT2D eigenvalue weighted by Crippen LogP contribution is -2.38. The number of carboxylic acid groups (broad SMARTS) is 1. The number of nitrogens with zero attached hydrogens (tertiary/aromatic N) is 1. The quantitative estimate of drug-likeness (QED) is 0.898. The molecule has 21 heavy (non-hydrogen) atoms. The Kier molecular flexibility index (Phi) is 6.23. The summed E-state index contributed by atoms with van der Waals surface area (Å²) in [5.41, 5.74) is 1.87. The fourth-order valence-corrected chi connectivity index (χ4v) is 2.53. The molecule has 1 aromatic rings. The van der Waals surface area contributed by atoms with Gasteiger partial charge in [0.25, 0.3) is 0 Å². The molecule has 0 aliphatic heterocycles. The van der Waals surface area contributed by atoms with E-state index in [1.807, 2.05) is 0 Å². The molecule has 1 aromatic carbocycles. The van der Waals surface area contributed by atoms with Crippen molar-refractivity contribution in [2.75, 3.05) is 17.2 Å². The largest absolute Gasteiger partial charge is 0.480 e. The van der Waals surface area contributed by atoms with Gasteiger partial charge in [-0.3, -0.25) is 19.3 Å². The van der Waals surface area contributed by atoms with Gasteiger partial charge < -0.3 is 5.11 Å². The Morgan fingerprint density at radius 1 is 1.29 bits per heavy atom. The van der Waals surface area contributed by atoms with Crippen molar-refractivity contribution in [1.82, 2.24) is 0 Å². The van der Waals surface area contributed by atoms with Crippen LogP contribution < -0.4 is 4.90 Å². The average Bonchev–Trinajstić information content (AvgIpc) is 2.39. The standard InChI is InChI=1S/C14H16ClNO4S/c1-8-4-5-11(15)9(2)14(8)16(6-13(19)20)12(18)7-21-10(3)17/h4-5H,6-7H2,1-3H3,(H,19,20). The average molecular weight is 330 g/mol. The molecule has 0 unspecified atom stereocenters. The van der Waals surface area contributed by atoms with E-state index < -0.39 is 18.4 Å². The van der Waals surface area contributed by atoms with E-state index in [0.29, 0.717) is 16.3 Å². The molecule has 0 saturated carbocycles. The van der Waals surface area contributed by atoms with E-state index in [2.05, 4.69) is 0 Å². The first-order chi connectivity index (χ1) is 9.73. The van der Waals surface area contributed by atoms with E-state index in [1.54, 1.807) is 26.0 Å². The molecule has 114 valence electrons. The lowest BCUT2D eigenvalue weighted by Gasteiger charge is -2.25. The summed E-state index contributed by atoms with van der Waals surface area (Å²) in [6, 6.07) is 3.42. The number of thioether (sulfide) groups is 1. The van der Waals surface area contributed by atoms with E-state index in [-0.39, 0.29) is 10.9 Å². The summed E-state index contributed by atoms with van der Waals surface area (Å²) < 4.78 is 0.